The molecule has 0 spiro atoms. The van der Waals surface area contributed by atoms with Gasteiger partial charge < -0.3 is 15.2 Å². The molecule has 1 aliphatic carbocycles. The molecule has 2 N–H and O–H groups in total. The van der Waals surface area contributed by atoms with E-state index in [2.05, 4.69) is 35.3 Å². The quantitative estimate of drug-likeness (QED) is 0.414. The van der Waals surface area contributed by atoms with Gasteiger partial charge in [0.2, 0.25) is 0 Å². The summed E-state index contributed by atoms with van der Waals surface area (Å²) in [5.41, 5.74) is 6.13. The van der Waals surface area contributed by atoms with Gasteiger partial charge in [0.15, 0.2) is 0 Å². The van der Waals surface area contributed by atoms with Crippen LogP contribution < -0.4 is 5.32 Å². The summed E-state index contributed by atoms with van der Waals surface area (Å²) in [6, 6.07) is 10.1. The number of fused-ring (bicyclic) bond motifs is 1. The number of hydrogen-bond donors (Lipinski definition) is 2. The van der Waals surface area contributed by atoms with Crippen molar-refractivity contribution in [2.75, 3.05) is 31.6 Å². The summed E-state index contributed by atoms with van der Waals surface area (Å²) in [6.45, 7) is 5.33. The van der Waals surface area contributed by atoms with E-state index in [1.165, 1.54) is 41.6 Å². The number of carboxylic acid groups (broad SMARTS) is 1. The first-order chi connectivity index (χ1) is 17.1. The summed E-state index contributed by atoms with van der Waals surface area (Å²) in [7, 11) is 0. The number of nitrogens with one attached hydrogen (secondary N) is 1. The number of aryl methyl sites for hydroxylation is 3. The van der Waals surface area contributed by atoms with Crippen molar-refractivity contribution in [1.82, 2.24) is 9.88 Å². The van der Waals surface area contributed by atoms with E-state index in [0.717, 1.165) is 63.1 Å². The molecule has 1 saturated heterocycles. The molecule has 1 aromatic carbocycles. The van der Waals surface area contributed by atoms with Crippen LogP contribution in [0.1, 0.15) is 85.4 Å². The number of carbonyl (C=O) groups is 1. The molecule has 188 valence electrons. The number of unbranched alkanes of at least 4 members (excludes halogenated alkanes) is 2. The minimum atomic E-state index is -0.746. The van der Waals surface area contributed by atoms with Gasteiger partial charge in [-0.2, -0.15) is 0 Å². The summed E-state index contributed by atoms with van der Waals surface area (Å²) in [5, 5.41) is 13.5. The maximum atomic E-state index is 12.3. The predicted octanol–water partition coefficient (Wildman–Crippen LogP) is 5.12. The lowest BCUT2D eigenvalue weighted by atomic mass is 9.89. The second-order valence-electron chi connectivity index (χ2n) is 10.4. The normalized spacial score (nSPS) is 19.0. The molecule has 3 aliphatic rings. The molecule has 35 heavy (non-hydrogen) atoms. The van der Waals surface area contributed by atoms with Crippen LogP contribution in [-0.2, 0) is 28.8 Å². The Balaban J connectivity index is 1.05. The molecule has 6 heteroatoms. The summed E-state index contributed by atoms with van der Waals surface area (Å²) in [4.78, 5) is 19.1. The van der Waals surface area contributed by atoms with Gasteiger partial charge >= 0.3 is 5.97 Å². The highest BCUT2D eigenvalue weighted by Gasteiger charge is 2.40. The monoisotopic (exact) mass is 477 g/mol. The molecular formula is C29H39N3O3. The highest BCUT2D eigenvalue weighted by Crippen LogP contribution is 2.46. The molecule has 6 nitrogen and oxygen atoms in total. The molecule has 2 aromatic rings. The third-order valence-electron chi connectivity index (χ3n) is 7.75. The Kier molecular flexibility index (Phi) is 7.69. The number of pyridine rings is 1. The third kappa shape index (κ3) is 5.70. The smallest absolute Gasteiger partial charge is 0.325 e. The van der Waals surface area contributed by atoms with Crippen LogP contribution in [0, 0.1) is 0 Å². The summed E-state index contributed by atoms with van der Waals surface area (Å²) in [6.07, 6.45) is 10.1. The van der Waals surface area contributed by atoms with Crippen molar-refractivity contribution in [1.29, 1.82) is 0 Å². The van der Waals surface area contributed by atoms with Crippen molar-refractivity contribution < 1.29 is 14.6 Å². The summed E-state index contributed by atoms with van der Waals surface area (Å²) >= 11 is 0. The number of carboxylic acids is 1. The molecular weight excluding hydrogens is 438 g/mol. The molecule has 5 rings (SSSR count). The fraction of sp³-hybridized carbons (Fsp3) is 0.586. The van der Waals surface area contributed by atoms with Crippen LogP contribution in [0.2, 0.25) is 0 Å². The molecule has 1 saturated carbocycles. The third-order valence-corrected chi connectivity index (χ3v) is 7.75. The van der Waals surface area contributed by atoms with E-state index in [0.29, 0.717) is 19.0 Å². The average Bonchev–Trinajstić information content (AvgIpc) is 3.68. The first-order valence-corrected chi connectivity index (χ1v) is 13.6. The topological polar surface area (TPSA) is 74.7 Å². The van der Waals surface area contributed by atoms with Crippen LogP contribution in [0.25, 0.3) is 0 Å². The van der Waals surface area contributed by atoms with E-state index < -0.39 is 12.0 Å². The fourth-order valence-electron chi connectivity index (χ4n) is 5.66. The first kappa shape index (κ1) is 24.3. The number of ether oxygens (including phenoxy) is 1. The average molecular weight is 478 g/mol. The molecule has 0 bridgehead atoms. The Morgan fingerprint density at radius 2 is 2.06 bits per heavy atom. The minimum absolute atomic E-state index is 0.143. The van der Waals surface area contributed by atoms with E-state index in [4.69, 9.17) is 9.72 Å². The van der Waals surface area contributed by atoms with Crippen molar-refractivity contribution in [3.8, 4) is 0 Å². The lowest BCUT2D eigenvalue weighted by molar-refractivity contribution is -0.151. The highest BCUT2D eigenvalue weighted by molar-refractivity contribution is 5.77. The van der Waals surface area contributed by atoms with Gasteiger partial charge in [-0.25, -0.2) is 4.98 Å². The van der Waals surface area contributed by atoms with Crippen LogP contribution >= 0.6 is 0 Å². The van der Waals surface area contributed by atoms with Crippen molar-refractivity contribution in [3.05, 3.63) is 58.3 Å². The lowest BCUT2D eigenvalue weighted by Crippen LogP contribution is -2.55. The second kappa shape index (κ2) is 11.1. The van der Waals surface area contributed by atoms with Gasteiger partial charge in [0.25, 0.3) is 0 Å². The van der Waals surface area contributed by atoms with Crippen LogP contribution in [0.4, 0.5) is 5.82 Å². The van der Waals surface area contributed by atoms with Gasteiger partial charge in [-0.1, -0.05) is 37.6 Å². The van der Waals surface area contributed by atoms with E-state index >= 15 is 0 Å². The number of hydrogen-bond acceptors (Lipinski definition) is 5. The highest BCUT2D eigenvalue weighted by atomic mass is 16.5. The maximum absolute atomic E-state index is 12.3. The molecule has 2 fully saturated rings. The van der Waals surface area contributed by atoms with Gasteiger partial charge in [0.05, 0.1) is 6.10 Å². The Morgan fingerprint density at radius 3 is 2.83 bits per heavy atom. The predicted molar refractivity (Wildman–Crippen MR) is 138 cm³/mol. The summed E-state index contributed by atoms with van der Waals surface area (Å²) < 4.78 is 6.08. The number of benzene rings is 1. The van der Waals surface area contributed by atoms with Crippen molar-refractivity contribution in [3.63, 3.8) is 0 Å². The number of rotatable bonds is 12. The van der Waals surface area contributed by atoms with Gasteiger partial charge in [-0.15, -0.1) is 0 Å². The van der Waals surface area contributed by atoms with E-state index in [1.54, 1.807) is 0 Å². The molecule has 0 amide bonds. The van der Waals surface area contributed by atoms with Crippen molar-refractivity contribution in [2.45, 2.75) is 82.8 Å². The second-order valence-corrected chi connectivity index (χ2v) is 10.4. The van der Waals surface area contributed by atoms with Crippen LogP contribution in [0.15, 0.2) is 30.3 Å². The van der Waals surface area contributed by atoms with Crippen molar-refractivity contribution in [2.24, 2.45) is 0 Å². The zero-order valence-electron chi connectivity index (χ0n) is 21.0. The lowest BCUT2D eigenvalue weighted by Gasteiger charge is -2.43. The first-order valence-electron chi connectivity index (χ1n) is 13.6. The maximum Gasteiger partial charge on any atom is 0.325 e. The fourth-order valence-corrected chi connectivity index (χ4v) is 5.66. The van der Waals surface area contributed by atoms with Crippen LogP contribution in [0.3, 0.4) is 0 Å². The molecule has 2 aliphatic heterocycles. The zero-order valence-corrected chi connectivity index (χ0v) is 21.0. The molecule has 3 heterocycles. The number of anilines is 1. The summed E-state index contributed by atoms with van der Waals surface area (Å²) in [5.74, 6) is 0.880. The van der Waals surface area contributed by atoms with Crippen LogP contribution in [-0.4, -0.2) is 53.3 Å². The Morgan fingerprint density at radius 1 is 1.20 bits per heavy atom. The number of aromatic nitrogens is 1. The standard InChI is InChI=1S/C29H39N3O3/c1-2-20-8-6-11-25(26(20)21-12-13-21)27(29(33)34)32-18-24(19-32)35-17-5-3-4-10-23-15-14-22-9-7-16-30-28(22)31-23/h6,8,11,14-15,21,24,27H,2-5,7,9-10,12-13,16-19H2,1H3,(H,30,31)(H,33,34). The minimum Gasteiger partial charge on any atom is -0.480 e. The van der Waals surface area contributed by atoms with Gasteiger partial charge in [0.1, 0.15) is 11.9 Å². The van der Waals surface area contributed by atoms with Gasteiger partial charge in [0, 0.05) is 31.9 Å². The Hall–Kier alpha value is -2.44. The van der Waals surface area contributed by atoms with E-state index in [1.807, 2.05) is 12.1 Å². The Labute approximate surface area is 209 Å². The van der Waals surface area contributed by atoms with Crippen LogP contribution in [0.5, 0.6) is 0 Å². The molecule has 1 aromatic heterocycles. The SMILES string of the molecule is CCc1cccc(C(C(=O)O)N2CC(OCCCCCc3ccc4c(n3)NCCC4)C2)c1C1CC1. The molecule has 0 radical (unpaired) electrons. The number of nitrogens with zero attached hydrogens (tertiary/aromatic N) is 2. The van der Waals surface area contributed by atoms with E-state index in [-0.39, 0.29) is 6.10 Å². The Bertz CT molecular complexity index is 1030. The molecule has 1 atom stereocenters. The molecule has 1 unspecified atom stereocenters. The zero-order chi connectivity index (χ0) is 24.2. The van der Waals surface area contributed by atoms with Crippen molar-refractivity contribution >= 4 is 11.8 Å². The van der Waals surface area contributed by atoms with E-state index in [9.17, 15) is 9.90 Å². The number of likely N-dealkylation sites (tertiary alicyclic amines) is 1. The van der Waals surface area contributed by atoms with Gasteiger partial charge in [-0.05, 0) is 85.6 Å². The van der Waals surface area contributed by atoms with Gasteiger partial charge in [-0.3, -0.25) is 9.69 Å². The largest absolute Gasteiger partial charge is 0.480 e. The number of aliphatic carboxylic acids is 1.